The SMILES string of the molecule is CC(C)C[C@H](NN(C(N)=S)c1ccccc1)C(=O)O. The number of hydrazine groups is 1. The van der Waals surface area contributed by atoms with Crippen LogP contribution >= 0.6 is 12.2 Å². The van der Waals surface area contributed by atoms with Crippen LogP contribution in [0, 0.1) is 5.92 Å². The molecule has 1 aromatic rings. The van der Waals surface area contributed by atoms with Crippen LogP contribution in [-0.4, -0.2) is 22.2 Å². The lowest BCUT2D eigenvalue weighted by Gasteiger charge is -2.28. The Bertz CT molecular complexity index is 437. The zero-order valence-corrected chi connectivity index (χ0v) is 11.9. The van der Waals surface area contributed by atoms with Crippen LogP contribution < -0.4 is 16.2 Å². The quantitative estimate of drug-likeness (QED) is 0.544. The number of anilines is 1. The van der Waals surface area contributed by atoms with E-state index in [0.717, 1.165) is 0 Å². The van der Waals surface area contributed by atoms with Crippen LogP contribution in [0.4, 0.5) is 5.69 Å². The van der Waals surface area contributed by atoms with Gasteiger partial charge in [0.15, 0.2) is 5.11 Å². The Morgan fingerprint density at radius 3 is 2.42 bits per heavy atom. The maximum absolute atomic E-state index is 11.3. The van der Waals surface area contributed by atoms with E-state index in [9.17, 15) is 9.90 Å². The summed E-state index contributed by atoms with van der Waals surface area (Å²) in [5.74, 6) is -0.677. The first-order chi connectivity index (χ1) is 8.91. The predicted molar refractivity (Wildman–Crippen MR) is 79.7 cm³/mol. The Labute approximate surface area is 118 Å². The average molecular weight is 281 g/mol. The fourth-order valence-electron chi connectivity index (χ4n) is 1.68. The lowest BCUT2D eigenvalue weighted by Crippen LogP contribution is -2.53. The van der Waals surface area contributed by atoms with Crippen molar-refractivity contribution < 1.29 is 9.90 Å². The number of carboxylic acids is 1. The number of carboxylic acid groups (broad SMARTS) is 1. The molecule has 1 atom stereocenters. The second-order valence-corrected chi connectivity index (χ2v) is 5.08. The summed E-state index contributed by atoms with van der Waals surface area (Å²) in [6.45, 7) is 3.93. The fourth-order valence-corrected chi connectivity index (χ4v) is 1.84. The number of para-hydroxylation sites is 1. The minimum Gasteiger partial charge on any atom is -0.480 e. The molecule has 0 bridgehead atoms. The number of nitrogens with one attached hydrogen (secondary N) is 1. The van der Waals surface area contributed by atoms with E-state index in [-0.39, 0.29) is 11.0 Å². The normalized spacial score (nSPS) is 12.2. The third-order valence-electron chi connectivity index (χ3n) is 2.52. The van der Waals surface area contributed by atoms with E-state index in [1.54, 1.807) is 12.1 Å². The number of thiocarbonyl (C=S) groups is 1. The lowest BCUT2D eigenvalue weighted by atomic mass is 10.0. The summed E-state index contributed by atoms with van der Waals surface area (Å²) in [6.07, 6.45) is 0.487. The van der Waals surface area contributed by atoms with Crippen LogP contribution in [-0.2, 0) is 4.79 Å². The lowest BCUT2D eigenvalue weighted by molar-refractivity contribution is -0.139. The Morgan fingerprint density at radius 2 is 2.00 bits per heavy atom. The molecule has 104 valence electrons. The number of nitrogens with two attached hydrogens (primary N) is 1. The molecule has 19 heavy (non-hydrogen) atoms. The fraction of sp³-hybridized carbons (Fsp3) is 0.385. The van der Waals surface area contributed by atoms with Gasteiger partial charge in [-0.25, -0.2) is 5.43 Å². The molecule has 5 nitrogen and oxygen atoms in total. The average Bonchev–Trinajstić information content (AvgIpc) is 2.34. The summed E-state index contributed by atoms with van der Waals surface area (Å²) in [4.78, 5) is 11.3. The molecule has 0 aliphatic heterocycles. The van der Waals surface area contributed by atoms with Crippen molar-refractivity contribution in [3.63, 3.8) is 0 Å². The summed E-state index contributed by atoms with van der Waals surface area (Å²) >= 11 is 4.97. The molecule has 0 heterocycles. The molecule has 0 saturated carbocycles. The molecule has 0 unspecified atom stereocenters. The Hall–Kier alpha value is -1.66. The third kappa shape index (κ3) is 4.84. The molecular formula is C13H19N3O2S. The van der Waals surface area contributed by atoms with E-state index in [1.807, 2.05) is 32.0 Å². The third-order valence-corrected chi connectivity index (χ3v) is 2.71. The van der Waals surface area contributed by atoms with Crippen LogP contribution in [0.1, 0.15) is 20.3 Å². The molecule has 1 aromatic carbocycles. The largest absolute Gasteiger partial charge is 0.480 e. The monoisotopic (exact) mass is 281 g/mol. The van der Waals surface area contributed by atoms with Gasteiger partial charge in [-0.05, 0) is 36.7 Å². The highest BCUT2D eigenvalue weighted by molar-refractivity contribution is 7.80. The van der Waals surface area contributed by atoms with Gasteiger partial charge in [0.1, 0.15) is 6.04 Å². The Balaban J connectivity index is 2.88. The van der Waals surface area contributed by atoms with E-state index in [0.29, 0.717) is 12.1 Å². The van der Waals surface area contributed by atoms with E-state index in [4.69, 9.17) is 18.0 Å². The summed E-state index contributed by atoms with van der Waals surface area (Å²) in [6, 6.07) is 8.41. The van der Waals surface area contributed by atoms with Crippen molar-refractivity contribution in [1.29, 1.82) is 0 Å². The van der Waals surface area contributed by atoms with Gasteiger partial charge in [0, 0.05) is 0 Å². The molecule has 0 fully saturated rings. The molecule has 0 amide bonds. The molecule has 0 aliphatic carbocycles. The van der Waals surface area contributed by atoms with Gasteiger partial charge in [-0.15, -0.1) is 0 Å². The summed E-state index contributed by atoms with van der Waals surface area (Å²) in [5, 5.41) is 10.7. The molecule has 0 saturated heterocycles. The molecule has 0 radical (unpaired) electrons. The standard InChI is InChI=1S/C13H19N3O2S/c1-9(2)8-11(12(17)18)15-16(13(14)19)10-6-4-3-5-7-10/h3-7,9,11,15H,8H2,1-2H3,(H2,14,19)(H,17,18)/t11-/m0/s1. The van der Waals surface area contributed by atoms with Gasteiger partial charge in [-0.3, -0.25) is 9.80 Å². The van der Waals surface area contributed by atoms with Crippen LogP contribution in [0.15, 0.2) is 30.3 Å². The first kappa shape index (κ1) is 15.4. The highest BCUT2D eigenvalue weighted by Crippen LogP contribution is 2.13. The van der Waals surface area contributed by atoms with Gasteiger partial charge in [0.2, 0.25) is 0 Å². The first-order valence-electron chi connectivity index (χ1n) is 6.05. The number of carbonyl (C=O) groups is 1. The number of hydrogen-bond donors (Lipinski definition) is 3. The topological polar surface area (TPSA) is 78.6 Å². The number of aliphatic carboxylic acids is 1. The minimum absolute atomic E-state index is 0.0845. The molecule has 0 aromatic heterocycles. The van der Waals surface area contributed by atoms with Crippen LogP contribution in [0.3, 0.4) is 0 Å². The van der Waals surface area contributed by atoms with E-state index < -0.39 is 12.0 Å². The number of nitrogens with zero attached hydrogens (tertiary/aromatic N) is 1. The van der Waals surface area contributed by atoms with Crippen molar-refractivity contribution in [3.05, 3.63) is 30.3 Å². The second kappa shape index (κ2) is 7.06. The van der Waals surface area contributed by atoms with Gasteiger partial charge in [-0.2, -0.15) is 0 Å². The number of hydrogen-bond acceptors (Lipinski definition) is 3. The molecular weight excluding hydrogens is 262 g/mol. The Kier molecular flexibility index (Phi) is 5.72. The van der Waals surface area contributed by atoms with Gasteiger partial charge < -0.3 is 10.8 Å². The molecule has 6 heteroatoms. The smallest absolute Gasteiger partial charge is 0.322 e. The van der Waals surface area contributed by atoms with E-state index in [2.05, 4.69) is 5.43 Å². The summed E-state index contributed by atoms with van der Waals surface area (Å²) in [7, 11) is 0. The van der Waals surface area contributed by atoms with Crippen molar-refractivity contribution in [2.75, 3.05) is 5.01 Å². The van der Waals surface area contributed by atoms with Gasteiger partial charge in [0.25, 0.3) is 0 Å². The summed E-state index contributed by atoms with van der Waals surface area (Å²) in [5.41, 5.74) is 9.23. The predicted octanol–water partition coefficient (Wildman–Crippen LogP) is 1.74. The van der Waals surface area contributed by atoms with E-state index in [1.165, 1.54) is 5.01 Å². The van der Waals surface area contributed by atoms with Crippen LogP contribution in [0.2, 0.25) is 0 Å². The van der Waals surface area contributed by atoms with Crippen LogP contribution in [0.5, 0.6) is 0 Å². The van der Waals surface area contributed by atoms with Crippen molar-refractivity contribution in [1.82, 2.24) is 5.43 Å². The minimum atomic E-state index is -0.925. The van der Waals surface area contributed by atoms with Gasteiger partial charge in [0.05, 0.1) is 5.69 Å². The van der Waals surface area contributed by atoms with Crippen LogP contribution in [0.25, 0.3) is 0 Å². The molecule has 0 spiro atoms. The van der Waals surface area contributed by atoms with Gasteiger partial charge >= 0.3 is 5.97 Å². The van der Waals surface area contributed by atoms with Crippen molar-refractivity contribution in [2.24, 2.45) is 11.7 Å². The van der Waals surface area contributed by atoms with E-state index >= 15 is 0 Å². The second-order valence-electron chi connectivity index (χ2n) is 4.66. The maximum Gasteiger partial charge on any atom is 0.322 e. The molecule has 4 N–H and O–H groups in total. The summed E-state index contributed by atoms with van der Waals surface area (Å²) < 4.78 is 0. The zero-order valence-electron chi connectivity index (χ0n) is 11.0. The zero-order chi connectivity index (χ0) is 14.4. The number of benzene rings is 1. The molecule has 1 rings (SSSR count). The highest BCUT2D eigenvalue weighted by atomic mass is 32.1. The Morgan fingerprint density at radius 1 is 1.42 bits per heavy atom. The van der Waals surface area contributed by atoms with Gasteiger partial charge in [-0.1, -0.05) is 32.0 Å². The maximum atomic E-state index is 11.3. The first-order valence-corrected chi connectivity index (χ1v) is 6.46. The highest BCUT2D eigenvalue weighted by Gasteiger charge is 2.22. The number of rotatable bonds is 6. The molecule has 0 aliphatic rings. The van der Waals surface area contributed by atoms with Crippen molar-refractivity contribution >= 4 is 29.0 Å². The van der Waals surface area contributed by atoms with Crippen molar-refractivity contribution in [2.45, 2.75) is 26.3 Å². The van der Waals surface area contributed by atoms with Crippen molar-refractivity contribution in [3.8, 4) is 0 Å².